The van der Waals surface area contributed by atoms with Gasteiger partial charge in [-0.3, -0.25) is 9.59 Å². The lowest BCUT2D eigenvalue weighted by molar-refractivity contribution is -0.117. The number of thioether (sulfide) groups is 1. The Morgan fingerprint density at radius 1 is 1.18 bits per heavy atom. The lowest BCUT2D eigenvalue weighted by Crippen LogP contribution is -2.29. The van der Waals surface area contributed by atoms with Gasteiger partial charge in [0.15, 0.2) is 0 Å². The smallest absolute Gasteiger partial charge is 0.267 e. The zero-order valence-electron chi connectivity index (χ0n) is 15.3. The lowest BCUT2D eigenvalue weighted by Gasteiger charge is -2.10. The first-order valence-electron chi connectivity index (χ1n) is 8.36. The fourth-order valence-electron chi connectivity index (χ4n) is 2.56. The zero-order valence-corrected chi connectivity index (χ0v) is 16.9. The van der Waals surface area contributed by atoms with Gasteiger partial charge in [0.05, 0.1) is 17.8 Å². The van der Waals surface area contributed by atoms with Gasteiger partial charge in [0.2, 0.25) is 5.91 Å². The van der Waals surface area contributed by atoms with E-state index >= 15 is 0 Å². The highest BCUT2D eigenvalue weighted by Crippen LogP contribution is 2.27. The number of anilines is 1. The molecule has 0 spiro atoms. The Bertz CT molecular complexity index is 1050. The van der Waals surface area contributed by atoms with E-state index in [1.807, 2.05) is 30.5 Å². The van der Waals surface area contributed by atoms with E-state index in [1.165, 1.54) is 13.2 Å². The Labute approximate surface area is 171 Å². The number of amides is 1. The molecule has 0 atom stereocenters. The van der Waals surface area contributed by atoms with E-state index in [9.17, 15) is 9.59 Å². The number of carbonyl (C=O) groups is 1. The molecule has 1 heterocycles. The van der Waals surface area contributed by atoms with Crippen molar-refractivity contribution < 1.29 is 9.53 Å². The van der Waals surface area contributed by atoms with Gasteiger partial charge in [0.1, 0.15) is 12.3 Å². The van der Waals surface area contributed by atoms with Crippen molar-refractivity contribution in [3.63, 3.8) is 0 Å². The highest BCUT2D eigenvalue weighted by molar-refractivity contribution is 7.98. The van der Waals surface area contributed by atoms with Crippen molar-refractivity contribution in [1.82, 2.24) is 9.78 Å². The largest absolute Gasteiger partial charge is 0.495 e. The molecule has 28 heavy (non-hydrogen) atoms. The summed E-state index contributed by atoms with van der Waals surface area (Å²) in [4.78, 5) is 25.6. The summed E-state index contributed by atoms with van der Waals surface area (Å²) in [7, 11) is 1.51. The maximum atomic E-state index is 12.3. The predicted octanol–water partition coefficient (Wildman–Crippen LogP) is 3.93. The summed E-state index contributed by atoms with van der Waals surface area (Å²) in [6.07, 6.45) is 2.00. The fraction of sp³-hybridized carbons (Fsp3) is 0.150. The zero-order chi connectivity index (χ0) is 20.1. The average Bonchev–Trinajstić information content (AvgIpc) is 2.70. The molecule has 0 saturated heterocycles. The molecule has 0 aliphatic heterocycles. The number of hydrogen-bond acceptors (Lipinski definition) is 5. The number of ether oxygens (including phenoxy) is 1. The van der Waals surface area contributed by atoms with Crippen LogP contribution in [0.3, 0.4) is 0 Å². The highest BCUT2D eigenvalue weighted by Gasteiger charge is 2.10. The molecule has 144 valence electrons. The average molecular weight is 416 g/mol. The van der Waals surface area contributed by atoms with Crippen LogP contribution in [0, 0.1) is 0 Å². The summed E-state index contributed by atoms with van der Waals surface area (Å²) in [5.74, 6) is 0.128. The minimum absolute atomic E-state index is 0.209. The number of halogens is 1. The molecule has 0 unspecified atom stereocenters. The summed E-state index contributed by atoms with van der Waals surface area (Å²) >= 11 is 7.71. The molecule has 6 nitrogen and oxygen atoms in total. The Morgan fingerprint density at radius 2 is 1.93 bits per heavy atom. The van der Waals surface area contributed by atoms with Crippen molar-refractivity contribution in [2.45, 2.75) is 11.4 Å². The van der Waals surface area contributed by atoms with Crippen LogP contribution in [0.15, 0.2) is 64.3 Å². The van der Waals surface area contributed by atoms with Gasteiger partial charge in [-0.1, -0.05) is 23.7 Å². The molecule has 0 saturated carbocycles. The van der Waals surface area contributed by atoms with E-state index in [0.717, 1.165) is 15.1 Å². The van der Waals surface area contributed by atoms with Gasteiger partial charge in [0.25, 0.3) is 5.56 Å². The van der Waals surface area contributed by atoms with Crippen LogP contribution in [0.25, 0.3) is 11.3 Å². The Balaban J connectivity index is 1.76. The van der Waals surface area contributed by atoms with Crippen molar-refractivity contribution in [3.05, 3.63) is 70.0 Å². The van der Waals surface area contributed by atoms with Gasteiger partial charge >= 0.3 is 0 Å². The molecule has 1 N–H and O–H groups in total. The Morgan fingerprint density at radius 3 is 2.57 bits per heavy atom. The van der Waals surface area contributed by atoms with Crippen LogP contribution >= 0.6 is 23.4 Å². The number of nitrogens with one attached hydrogen (secondary N) is 1. The summed E-state index contributed by atoms with van der Waals surface area (Å²) < 4.78 is 6.22. The third-order valence-electron chi connectivity index (χ3n) is 3.98. The van der Waals surface area contributed by atoms with E-state index in [0.29, 0.717) is 22.2 Å². The van der Waals surface area contributed by atoms with E-state index in [-0.39, 0.29) is 18.0 Å². The standard InChI is InChI=1S/C20H18ClN3O3S/c1-27-18-9-5-14(11-16(18)21)22-19(25)12-24-20(26)10-8-17(23-24)13-3-6-15(28-2)7-4-13/h3-11H,12H2,1-2H3,(H,22,25). The van der Waals surface area contributed by atoms with E-state index in [2.05, 4.69) is 10.4 Å². The fourth-order valence-corrected chi connectivity index (χ4v) is 3.22. The molecule has 3 aromatic rings. The van der Waals surface area contributed by atoms with Gasteiger partial charge in [-0.05, 0) is 42.7 Å². The number of nitrogens with zero attached hydrogens (tertiary/aromatic N) is 2. The molecule has 8 heteroatoms. The van der Waals surface area contributed by atoms with Crippen LogP contribution in [-0.2, 0) is 11.3 Å². The first-order chi connectivity index (χ1) is 13.5. The maximum Gasteiger partial charge on any atom is 0.267 e. The lowest BCUT2D eigenvalue weighted by atomic mass is 10.1. The molecule has 0 aliphatic rings. The quantitative estimate of drug-likeness (QED) is 0.617. The summed E-state index contributed by atoms with van der Waals surface area (Å²) in [5.41, 5.74) is 1.64. The third kappa shape index (κ3) is 4.74. The number of carbonyl (C=O) groups excluding carboxylic acids is 1. The van der Waals surface area contributed by atoms with Crippen LogP contribution in [0.4, 0.5) is 5.69 Å². The van der Waals surface area contributed by atoms with E-state index in [1.54, 1.807) is 36.0 Å². The predicted molar refractivity (Wildman–Crippen MR) is 112 cm³/mol. The van der Waals surface area contributed by atoms with E-state index < -0.39 is 0 Å². The monoisotopic (exact) mass is 415 g/mol. The first kappa shape index (κ1) is 20.0. The van der Waals surface area contributed by atoms with Crippen LogP contribution in [-0.4, -0.2) is 29.1 Å². The van der Waals surface area contributed by atoms with Crippen LogP contribution in [0.2, 0.25) is 5.02 Å². The van der Waals surface area contributed by atoms with Crippen molar-refractivity contribution in [2.75, 3.05) is 18.7 Å². The summed E-state index contributed by atoms with van der Waals surface area (Å²) in [6.45, 7) is -0.209. The molecule has 0 radical (unpaired) electrons. The first-order valence-corrected chi connectivity index (χ1v) is 9.96. The number of benzene rings is 2. The van der Waals surface area contributed by atoms with Crippen molar-refractivity contribution in [3.8, 4) is 17.0 Å². The van der Waals surface area contributed by atoms with E-state index in [4.69, 9.17) is 16.3 Å². The molecule has 1 aromatic heterocycles. The molecule has 0 bridgehead atoms. The van der Waals surface area contributed by atoms with Crippen LogP contribution in [0.5, 0.6) is 5.75 Å². The minimum atomic E-state index is -0.384. The van der Waals surface area contributed by atoms with Crippen molar-refractivity contribution in [2.24, 2.45) is 0 Å². The summed E-state index contributed by atoms with van der Waals surface area (Å²) in [6, 6.07) is 15.8. The van der Waals surface area contributed by atoms with Crippen LogP contribution in [0.1, 0.15) is 0 Å². The topological polar surface area (TPSA) is 73.2 Å². The van der Waals surface area contributed by atoms with Gasteiger partial charge in [0, 0.05) is 22.2 Å². The summed E-state index contributed by atoms with van der Waals surface area (Å²) in [5, 5.41) is 7.40. The normalized spacial score (nSPS) is 10.5. The molecule has 0 fully saturated rings. The number of aromatic nitrogens is 2. The maximum absolute atomic E-state index is 12.3. The second-order valence-corrected chi connectivity index (χ2v) is 7.13. The molecule has 3 rings (SSSR count). The SMILES string of the molecule is COc1ccc(NC(=O)Cn2nc(-c3ccc(SC)cc3)ccc2=O)cc1Cl. The molecule has 1 amide bonds. The third-order valence-corrected chi connectivity index (χ3v) is 5.02. The van der Waals surface area contributed by atoms with Crippen LogP contribution < -0.4 is 15.6 Å². The minimum Gasteiger partial charge on any atom is -0.495 e. The van der Waals surface area contributed by atoms with Gasteiger partial charge in [-0.25, -0.2) is 4.68 Å². The number of rotatable bonds is 6. The molecule has 0 aliphatic carbocycles. The highest BCUT2D eigenvalue weighted by atomic mass is 35.5. The van der Waals surface area contributed by atoms with Crippen molar-refractivity contribution in [1.29, 1.82) is 0 Å². The number of hydrogen-bond donors (Lipinski definition) is 1. The second-order valence-electron chi connectivity index (χ2n) is 5.84. The molecule has 2 aromatic carbocycles. The Kier molecular flexibility index (Phi) is 6.38. The van der Waals surface area contributed by atoms with Gasteiger partial charge in [-0.2, -0.15) is 5.10 Å². The second kappa shape index (κ2) is 8.95. The molecular formula is C20H18ClN3O3S. The van der Waals surface area contributed by atoms with Gasteiger partial charge < -0.3 is 10.1 Å². The molecular weight excluding hydrogens is 398 g/mol. The number of methoxy groups -OCH3 is 1. The van der Waals surface area contributed by atoms with Crippen molar-refractivity contribution >= 4 is 35.0 Å². The van der Waals surface area contributed by atoms with Gasteiger partial charge in [-0.15, -0.1) is 11.8 Å². The Hall–Kier alpha value is -2.77.